The number of aliphatic imine (C=N–C) groups is 1. The lowest BCUT2D eigenvalue weighted by Gasteiger charge is -2.34. The normalized spacial score (nSPS) is 17.8. The molecule has 0 aliphatic carbocycles. The number of nitrogens with one attached hydrogen (secondary N) is 1. The lowest BCUT2D eigenvalue weighted by Crippen LogP contribution is -2.43. The maximum atomic E-state index is 13.1. The molecule has 8 nitrogen and oxygen atoms in total. The van der Waals surface area contributed by atoms with Crippen molar-refractivity contribution in [1.29, 1.82) is 0 Å². The molecule has 0 saturated carbocycles. The summed E-state index contributed by atoms with van der Waals surface area (Å²) < 4.78 is 5.38. The van der Waals surface area contributed by atoms with Crippen LogP contribution >= 0.6 is 11.6 Å². The molecule has 2 aliphatic rings. The number of allylic oxidation sites excluding steroid dienone is 3. The topological polar surface area (TPSA) is 77.5 Å². The van der Waals surface area contributed by atoms with Crippen molar-refractivity contribution in [2.24, 2.45) is 4.99 Å². The predicted octanol–water partition coefficient (Wildman–Crippen LogP) is 4.34. The molecule has 1 fully saturated rings. The second-order valence-corrected chi connectivity index (χ2v) is 9.66. The number of likely N-dealkylation sites (N-methyl/N-ethyl adjacent to an activating group) is 1. The third-order valence-corrected chi connectivity index (χ3v) is 5.92. The highest BCUT2D eigenvalue weighted by Gasteiger charge is 2.38. The number of rotatable bonds is 5. The number of halogens is 1. The number of hydrogen-bond acceptors (Lipinski definition) is 7. The van der Waals surface area contributed by atoms with Crippen LogP contribution in [0.4, 0.5) is 10.5 Å². The Bertz CT molecular complexity index is 1000. The highest BCUT2D eigenvalue weighted by atomic mass is 35.5. The van der Waals surface area contributed by atoms with Crippen molar-refractivity contribution in [3.63, 3.8) is 0 Å². The molecule has 1 N–H and O–H groups in total. The lowest BCUT2D eigenvalue weighted by molar-refractivity contribution is 0.0248. The number of ether oxygens (including phenoxy) is 1. The summed E-state index contributed by atoms with van der Waals surface area (Å²) >= 11 is 6.35. The molecule has 33 heavy (non-hydrogen) atoms. The van der Waals surface area contributed by atoms with Gasteiger partial charge in [-0.05, 0) is 65.7 Å². The predicted molar refractivity (Wildman–Crippen MR) is 132 cm³/mol. The molecule has 178 valence electrons. The van der Waals surface area contributed by atoms with Gasteiger partial charge in [-0.3, -0.25) is 4.79 Å². The highest BCUT2D eigenvalue weighted by molar-refractivity contribution is 6.32. The summed E-state index contributed by atoms with van der Waals surface area (Å²) in [5, 5.41) is 3.58. The SMILES string of the molecule is C=N/C(=C\C=C(/C)N1CCN(C)CC1)Nc1ccc(Cl)c2c1C(=O)N(C(=O)OC(C)(C)C)C2. The molecule has 1 aromatic rings. The molecule has 1 aromatic carbocycles. The first-order valence-corrected chi connectivity index (χ1v) is 11.3. The fraction of sp³-hybridized carbons (Fsp3) is 0.458. The number of carbonyl (C=O) groups excluding carboxylic acids is 2. The van der Waals surface area contributed by atoms with Crippen LogP contribution in [0.5, 0.6) is 0 Å². The summed E-state index contributed by atoms with van der Waals surface area (Å²) in [6.45, 7) is 15.0. The van der Waals surface area contributed by atoms with Crippen LogP contribution in [0.3, 0.4) is 0 Å². The van der Waals surface area contributed by atoms with Gasteiger partial charge in [0, 0.05) is 42.5 Å². The van der Waals surface area contributed by atoms with E-state index in [0.29, 0.717) is 27.7 Å². The van der Waals surface area contributed by atoms with Gasteiger partial charge in [0.1, 0.15) is 11.4 Å². The van der Waals surface area contributed by atoms with Gasteiger partial charge in [-0.25, -0.2) is 14.7 Å². The standard InChI is InChI=1S/C24H32ClN5O3/c1-16(29-13-11-28(6)12-14-29)7-10-20(26-5)27-19-9-8-18(25)17-15-30(22(31)21(17)19)23(32)33-24(2,3)4/h7-10,27H,5,11-15H2,1-4,6H3/b16-7+,20-10+. The Balaban J connectivity index is 1.81. The van der Waals surface area contributed by atoms with Crippen LogP contribution in [0.25, 0.3) is 0 Å². The summed E-state index contributed by atoms with van der Waals surface area (Å²) in [6, 6.07) is 3.40. The van der Waals surface area contributed by atoms with Gasteiger partial charge in [0.2, 0.25) is 0 Å². The van der Waals surface area contributed by atoms with Crippen LogP contribution in [0.1, 0.15) is 43.6 Å². The van der Waals surface area contributed by atoms with E-state index in [1.54, 1.807) is 32.9 Å². The second-order valence-electron chi connectivity index (χ2n) is 9.25. The van der Waals surface area contributed by atoms with E-state index in [2.05, 4.69) is 40.8 Å². The first kappa shape index (κ1) is 24.8. The van der Waals surface area contributed by atoms with E-state index in [9.17, 15) is 9.59 Å². The van der Waals surface area contributed by atoms with Crippen LogP contribution in [-0.2, 0) is 11.3 Å². The number of anilines is 1. The molecule has 2 aliphatic heterocycles. The van der Waals surface area contributed by atoms with Gasteiger partial charge in [-0.1, -0.05) is 11.6 Å². The zero-order valence-electron chi connectivity index (χ0n) is 19.9. The van der Waals surface area contributed by atoms with Crippen molar-refractivity contribution < 1.29 is 14.3 Å². The van der Waals surface area contributed by atoms with Crippen molar-refractivity contribution in [3.05, 3.63) is 52.0 Å². The third kappa shape index (κ3) is 5.94. The second kappa shape index (κ2) is 9.97. The van der Waals surface area contributed by atoms with Gasteiger partial charge in [0.05, 0.1) is 17.8 Å². The Kier molecular flexibility index (Phi) is 7.49. The zero-order chi connectivity index (χ0) is 24.3. The monoisotopic (exact) mass is 473 g/mol. The molecule has 3 rings (SSSR count). The minimum Gasteiger partial charge on any atom is -0.443 e. The van der Waals surface area contributed by atoms with Crippen LogP contribution in [0.2, 0.25) is 5.02 Å². The van der Waals surface area contributed by atoms with Crippen molar-refractivity contribution in [2.75, 3.05) is 38.5 Å². The van der Waals surface area contributed by atoms with E-state index in [-0.39, 0.29) is 6.54 Å². The van der Waals surface area contributed by atoms with Crippen molar-refractivity contribution in [1.82, 2.24) is 14.7 Å². The number of carbonyl (C=O) groups is 2. The minimum atomic E-state index is -0.715. The number of imide groups is 1. The Hall–Kier alpha value is -2.84. The van der Waals surface area contributed by atoms with Crippen LogP contribution in [0.15, 0.2) is 40.8 Å². The quantitative estimate of drug-likeness (QED) is 0.506. The summed E-state index contributed by atoms with van der Waals surface area (Å²) in [5.74, 6) is 0.0216. The lowest BCUT2D eigenvalue weighted by atomic mass is 10.1. The molecule has 0 bridgehead atoms. The van der Waals surface area contributed by atoms with Crippen molar-refractivity contribution in [2.45, 2.75) is 39.8 Å². The summed E-state index contributed by atoms with van der Waals surface area (Å²) in [6.07, 6.45) is 3.11. The Morgan fingerprint density at radius 1 is 1.21 bits per heavy atom. The fourth-order valence-corrected chi connectivity index (χ4v) is 3.91. The number of nitrogens with zero attached hydrogens (tertiary/aromatic N) is 4. The number of amides is 2. The van der Waals surface area contributed by atoms with Gasteiger partial charge in [-0.15, -0.1) is 0 Å². The van der Waals surface area contributed by atoms with Crippen molar-refractivity contribution >= 4 is 36.0 Å². The average molecular weight is 474 g/mol. The molecule has 0 radical (unpaired) electrons. The number of hydrogen-bond donors (Lipinski definition) is 1. The largest absolute Gasteiger partial charge is 0.443 e. The van der Waals surface area contributed by atoms with Crippen LogP contribution < -0.4 is 5.32 Å². The van der Waals surface area contributed by atoms with Crippen LogP contribution in [0, 0.1) is 0 Å². The smallest absolute Gasteiger partial charge is 0.417 e. The first-order chi connectivity index (χ1) is 15.5. The molecule has 9 heteroatoms. The molecule has 0 atom stereocenters. The first-order valence-electron chi connectivity index (χ1n) is 10.9. The third-order valence-electron chi connectivity index (χ3n) is 5.56. The van der Waals surface area contributed by atoms with Gasteiger partial charge >= 0.3 is 6.09 Å². The fourth-order valence-electron chi connectivity index (χ4n) is 3.69. The molecule has 0 unspecified atom stereocenters. The molecule has 2 amide bonds. The number of benzene rings is 1. The molecule has 0 aromatic heterocycles. The maximum absolute atomic E-state index is 13.1. The average Bonchev–Trinajstić information content (AvgIpc) is 3.10. The molecule has 2 heterocycles. The Morgan fingerprint density at radius 2 is 1.88 bits per heavy atom. The Morgan fingerprint density at radius 3 is 2.48 bits per heavy atom. The van der Waals surface area contributed by atoms with E-state index in [1.807, 2.05) is 12.2 Å². The van der Waals surface area contributed by atoms with Gasteiger partial charge in [0.15, 0.2) is 0 Å². The summed E-state index contributed by atoms with van der Waals surface area (Å²) in [7, 11) is 2.12. The van der Waals surface area contributed by atoms with E-state index in [0.717, 1.165) is 36.8 Å². The van der Waals surface area contributed by atoms with Gasteiger partial charge in [0.25, 0.3) is 5.91 Å². The zero-order valence-corrected chi connectivity index (χ0v) is 20.7. The summed E-state index contributed by atoms with van der Waals surface area (Å²) in [4.78, 5) is 35.4. The summed E-state index contributed by atoms with van der Waals surface area (Å²) in [5.41, 5.74) is 1.83. The molecule has 1 saturated heterocycles. The van der Waals surface area contributed by atoms with E-state index in [1.165, 1.54) is 0 Å². The molecular formula is C24H32ClN5O3. The van der Waals surface area contributed by atoms with E-state index < -0.39 is 17.6 Å². The van der Waals surface area contributed by atoms with E-state index in [4.69, 9.17) is 16.3 Å². The van der Waals surface area contributed by atoms with Crippen LogP contribution in [-0.4, -0.2) is 72.2 Å². The molecular weight excluding hydrogens is 442 g/mol. The van der Waals surface area contributed by atoms with E-state index >= 15 is 0 Å². The number of fused-ring (bicyclic) bond motifs is 1. The van der Waals surface area contributed by atoms with Gasteiger partial charge < -0.3 is 19.9 Å². The maximum Gasteiger partial charge on any atom is 0.417 e. The van der Waals surface area contributed by atoms with Gasteiger partial charge in [-0.2, -0.15) is 0 Å². The minimum absolute atomic E-state index is 0.0560. The Labute approximate surface area is 200 Å². The highest BCUT2D eigenvalue weighted by Crippen LogP contribution is 2.36. The number of piperazine rings is 1. The van der Waals surface area contributed by atoms with Crippen molar-refractivity contribution in [3.8, 4) is 0 Å². The molecule has 0 spiro atoms.